The fourth-order valence-electron chi connectivity index (χ4n) is 5.01. The van der Waals surface area contributed by atoms with E-state index in [-0.39, 0.29) is 18.1 Å². The van der Waals surface area contributed by atoms with E-state index in [1.807, 2.05) is 18.3 Å². The molecule has 0 amide bonds. The van der Waals surface area contributed by atoms with Crippen molar-refractivity contribution in [3.63, 3.8) is 0 Å². The van der Waals surface area contributed by atoms with E-state index < -0.39 is 0 Å². The lowest BCUT2D eigenvalue weighted by atomic mass is 9.96. The van der Waals surface area contributed by atoms with E-state index in [1.54, 1.807) is 0 Å². The van der Waals surface area contributed by atoms with Crippen LogP contribution < -0.4 is 5.32 Å². The van der Waals surface area contributed by atoms with Crippen molar-refractivity contribution < 1.29 is 0 Å². The van der Waals surface area contributed by atoms with Crippen LogP contribution in [0.1, 0.15) is 66.6 Å². The molecule has 1 fully saturated rings. The zero-order chi connectivity index (χ0) is 22.3. The van der Waals surface area contributed by atoms with Crippen molar-refractivity contribution in [1.29, 1.82) is 0 Å². The van der Waals surface area contributed by atoms with Crippen molar-refractivity contribution in [2.24, 2.45) is 0 Å². The summed E-state index contributed by atoms with van der Waals surface area (Å²) in [4.78, 5) is 7.00. The van der Waals surface area contributed by atoms with E-state index in [0.29, 0.717) is 0 Å². The summed E-state index contributed by atoms with van der Waals surface area (Å²) in [5.74, 6) is 0. The highest BCUT2D eigenvalue weighted by Gasteiger charge is 2.42. The average Bonchev–Trinajstić information content (AvgIpc) is 3.24. The molecule has 0 saturated carbocycles. The largest absolute Gasteiger partial charge is 0.352 e. The Kier molecular flexibility index (Phi) is 5.89. The molecular weight excluding hydrogens is 400 g/mol. The van der Waals surface area contributed by atoms with Crippen LogP contribution in [0.25, 0.3) is 5.69 Å². The van der Waals surface area contributed by atoms with Crippen LogP contribution in [0.2, 0.25) is 0 Å². The molecule has 0 bridgehead atoms. The third kappa shape index (κ3) is 3.65. The first-order valence-electron chi connectivity index (χ1n) is 11.1. The molecular formula is C26H32N4S. The number of hydrogen-bond donors (Lipinski definition) is 1. The van der Waals surface area contributed by atoms with E-state index in [0.717, 1.165) is 17.2 Å². The summed E-state index contributed by atoms with van der Waals surface area (Å²) in [5.41, 5.74) is 8.82. The number of rotatable bonds is 5. The van der Waals surface area contributed by atoms with Crippen LogP contribution in [0.15, 0.2) is 48.7 Å². The minimum absolute atomic E-state index is 0.0209. The minimum atomic E-state index is 0.0209. The van der Waals surface area contributed by atoms with Crippen LogP contribution >= 0.6 is 12.2 Å². The highest BCUT2D eigenvalue weighted by atomic mass is 32.1. The Hall–Kier alpha value is -2.66. The molecule has 0 aliphatic carbocycles. The van der Waals surface area contributed by atoms with E-state index in [2.05, 4.69) is 91.6 Å². The molecule has 4 nitrogen and oxygen atoms in total. The average molecular weight is 433 g/mol. The van der Waals surface area contributed by atoms with Gasteiger partial charge in [0.15, 0.2) is 5.11 Å². The van der Waals surface area contributed by atoms with Gasteiger partial charge in [0, 0.05) is 23.6 Å². The number of aryl methyl sites for hydroxylation is 3. The predicted octanol–water partition coefficient (Wildman–Crippen LogP) is 5.74. The Morgan fingerprint density at radius 3 is 2.52 bits per heavy atom. The molecule has 4 rings (SSSR count). The lowest BCUT2D eigenvalue weighted by Crippen LogP contribution is -2.35. The number of thiocarbonyl (C=S) groups is 1. The normalized spacial score (nSPS) is 18.7. The van der Waals surface area contributed by atoms with Crippen LogP contribution in [0.5, 0.6) is 0 Å². The van der Waals surface area contributed by atoms with E-state index >= 15 is 0 Å². The molecule has 1 N–H and O–H groups in total. The Labute approximate surface area is 191 Å². The topological polar surface area (TPSA) is 33.1 Å². The minimum Gasteiger partial charge on any atom is -0.352 e. The number of nitrogens with zero attached hydrogens (tertiary/aromatic N) is 3. The summed E-state index contributed by atoms with van der Waals surface area (Å²) < 4.78 is 2.43. The molecule has 31 heavy (non-hydrogen) atoms. The summed E-state index contributed by atoms with van der Waals surface area (Å²) in [6.07, 6.45) is 2.87. The van der Waals surface area contributed by atoms with Crippen LogP contribution in [-0.4, -0.2) is 25.6 Å². The summed E-state index contributed by atoms with van der Waals surface area (Å²) in [6.45, 7) is 13.3. The smallest absolute Gasteiger partial charge is 0.170 e. The number of benzene rings is 1. The van der Waals surface area contributed by atoms with Gasteiger partial charge >= 0.3 is 0 Å². The van der Waals surface area contributed by atoms with Gasteiger partial charge in [0.1, 0.15) is 0 Å². The highest BCUT2D eigenvalue weighted by Crippen LogP contribution is 2.42. The van der Waals surface area contributed by atoms with Gasteiger partial charge in [0.25, 0.3) is 0 Å². The summed E-state index contributed by atoms with van der Waals surface area (Å²) in [6, 6.07) is 15.4. The van der Waals surface area contributed by atoms with Crippen molar-refractivity contribution in [3.8, 4) is 5.69 Å². The molecule has 1 aliphatic rings. The second kappa shape index (κ2) is 8.46. The van der Waals surface area contributed by atoms with Crippen LogP contribution in [0, 0.1) is 20.8 Å². The van der Waals surface area contributed by atoms with Crippen molar-refractivity contribution in [2.45, 2.75) is 66.1 Å². The zero-order valence-corrected chi connectivity index (χ0v) is 20.1. The Bertz CT molecular complexity index is 1100. The molecule has 2 atom stereocenters. The van der Waals surface area contributed by atoms with Gasteiger partial charge in [-0.05, 0) is 88.1 Å². The maximum atomic E-state index is 5.79. The number of aromatic nitrogens is 2. The first-order valence-corrected chi connectivity index (χ1v) is 11.5. The molecule has 3 heterocycles. The number of pyridine rings is 1. The molecule has 1 aromatic carbocycles. The SMILES string of the molecule is CCc1cccc(C)c1-n1c(C)cc(C2C(c3ccccn3)NC(=S)N2C(C)C)c1C. The van der Waals surface area contributed by atoms with Crippen molar-refractivity contribution >= 4 is 17.3 Å². The summed E-state index contributed by atoms with van der Waals surface area (Å²) >= 11 is 5.79. The number of nitrogens with one attached hydrogen (secondary N) is 1. The van der Waals surface area contributed by atoms with Crippen LogP contribution in [0.3, 0.4) is 0 Å². The van der Waals surface area contributed by atoms with Crippen molar-refractivity contribution in [3.05, 3.63) is 82.4 Å². The maximum absolute atomic E-state index is 5.79. The van der Waals surface area contributed by atoms with Crippen molar-refractivity contribution in [2.75, 3.05) is 0 Å². The van der Waals surface area contributed by atoms with Gasteiger partial charge < -0.3 is 14.8 Å². The molecule has 162 valence electrons. The fourth-order valence-corrected chi connectivity index (χ4v) is 5.46. The second-order valence-corrected chi connectivity index (χ2v) is 9.11. The zero-order valence-electron chi connectivity index (χ0n) is 19.3. The molecule has 1 saturated heterocycles. The maximum Gasteiger partial charge on any atom is 0.170 e. The van der Waals surface area contributed by atoms with Gasteiger partial charge in [-0.25, -0.2) is 0 Å². The lowest BCUT2D eigenvalue weighted by Gasteiger charge is -2.31. The Balaban J connectivity index is 1.90. The predicted molar refractivity (Wildman–Crippen MR) is 132 cm³/mol. The van der Waals surface area contributed by atoms with Gasteiger partial charge in [0.2, 0.25) is 0 Å². The van der Waals surface area contributed by atoms with E-state index in [9.17, 15) is 0 Å². The second-order valence-electron chi connectivity index (χ2n) is 8.73. The third-order valence-electron chi connectivity index (χ3n) is 6.41. The fraction of sp³-hybridized carbons (Fsp3) is 0.385. The highest BCUT2D eigenvalue weighted by molar-refractivity contribution is 7.80. The first kappa shape index (κ1) is 21.6. The molecule has 2 aromatic heterocycles. The van der Waals surface area contributed by atoms with Gasteiger partial charge in [-0.3, -0.25) is 4.98 Å². The lowest BCUT2D eigenvalue weighted by molar-refractivity contribution is 0.269. The van der Waals surface area contributed by atoms with Crippen molar-refractivity contribution in [1.82, 2.24) is 19.8 Å². The van der Waals surface area contributed by atoms with Gasteiger partial charge in [-0.15, -0.1) is 0 Å². The van der Waals surface area contributed by atoms with Crippen LogP contribution in [0.4, 0.5) is 0 Å². The van der Waals surface area contributed by atoms with Crippen LogP contribution in [-0.2, 0) is 6.42 Å². The Morgan fingerprint density at radius 1 is 1.10 bits per heavy atom. The van der Waals surface area contributed by atoms with Gasteiger partial charge in [-0.1, -0.05) is 31.2 Å². The van der Waals surface area contributed by atoms with Gasteiger partial charge in [0.05, 0.1) is 23.5 Å². The molecule has 1 aliphatic heterocycles. The van der Waals surface area contributed by atoms with E-state index in [4.69, 9.17) is 12.2 Å². The summed E-state index contributed by atoms with van der Waals surface area (Å²) in [5, 5.41) is 4.36. The third-order valence-corrected chi connectivity index (χ3v) is 6.74. The molecule has 3 aromatic rings. The quantitative estimate of drug-likeness (QED) is 0.521. The van der Waals surface area contributed by atoms with Gasteiger partial charge in [-0.2, -0.15) is 0 Å². The number of hydrogen-bond acceptors (Lipinski definition) is 2. The molecule has 0 radical (unpaired) electrons. The van der Waals surface area contributed by atoms with E-state index in [1.165, 1.54) is 33.8 Å². The Morgan fingerprint density at radius 2 is 1.87 bits per heavy atom. The first-order chi connectivity index (χ1) is 14.8. The molecule has 0 spiro atoms. The number of para-hydroxylation sites is 1. The molecule has 2 unspecified atom stereocenters. The monoisotopic (exact) mass is 432 g/mol. The molecule has 5 heteroatoms. The summed E-state index contributed by atoms with van der Waals surface area (Å²) in [7, 11) is 0. The standard InChI is InChI=1S/C26H32N4S/c1-7-20-12-10-11-17(4)24(20)30-18(5)15-21(19(30)6)25-23(22-13-8-9-14-27-22)28-26(31)29(25)16(2)3/h8-16,23,25H,7H2,1-6H3,(H,28,31).